The highest BCUT2D eigenvalue weighted by Crippen LogP contribution is 2.48. The van der Waals surface area contributed by atoms with Gasteiger partial charge in [0.25, 0.3) is 0 Å². The molecule has 4 aromatic rings. The molecule has 7 rings (SSSR count). The zero-order valence-corrected chi connectivity index (χ0v) is 24.9. The topological polar surface area (TPSA) is 168 Å². The molecule has 46 heavy (non-hydrogen) atoms. The molecule has 12 heteroatoms. The van der Waals surface area contributed by atoms with E-state index in [4.69, 9.17) is 23.7 Å². The molecule has 238 valence electrons. The zero-order valence-electron chi connectivity index (χ0n) is 24.9. The molecule has 5 N–H and O–H groups in total. The van der Waals surface area contributed by atoms with Crippen molar-refractivity contribution in [2.45, 2.75) is 31.2 Å². The molecule has 0 aliphatic carbocycles. The fraction of sp³-hybridized carbons (Fsp3) is 0.265. The van der Waals surface area contributed by atoms with E-state index in [1.54, 1.807) is 14.2 Å². The van der Waals surface area contributed by atoms with Crippen molar-refractivity contribution in [3.8, 4) is 51.7 Å². The van der Waals surface area contributed by atoms with Crippen LogP contribution in [0.4, 0.5) is 0 Å². The molecule has 3 unspecified atom stereocenters. The van der Waals surface area contributed by atoms with E-state index in [0.717, 1.165) is 16.7 Å². The van der Waals surface area contributed by atoms with Crippen LogP contribution >= 0.6 is 0 Å². The Bertz CT molecular complexity index is 1870. The molecule has 0 saturated carbocycles. The van der Waals surface area contributed by atoms with Crippen molar-refractivity contribution in [3.63, 3.8) is 0 Å². The molecule has 0 fully saturated rings. The minimum Gasteiger partial charge on any atom is -0.507 e. The third kappa shape index (κ3) is 4.73. The number of hydrogen-bond acceptors (Lipinski definition) is 12. The van der Waals surface area contributed by atoms with Gasteiger partial charge in [-0.3, -0.25) is 9.69 Å². The number of ether oxygens (including phenoxy) is 5. The van der Waals surface area contributed by atoms with Gasteiger partial charge in [-0.2, -0.15) is 0 Å². The van der Waals surface area contributed by atoms with Crippen molar-refractivity contribution >= 4 is 5.78 Å². The number of nitrogens with zero attached hydrogens (tertiary/aromatic N) is 1. The molecular weight excluding hydrogens is 598 g/mol. The summed E-state index contributed by atoms with van der Waals surface area (Å²) in [6.45, 7) is 0.649. The van der Waals surface area contributed by atoms with E-state index in [0.29, 0.717) is 36.0 Å². The normalized spacial score (nSPS) is 20.1. The predicted octanol–water partition coefficient (Wildman–Crippen LogP) is 4.08. The summed E-state index contributed by atoms with van der Waals surface area (Å²) in [5.74, 6) is -0.223. The van der Waals surface area contributed by atoms with Crippen molar-refractivity contribution < 1.29 is 54.0 Å². The van der Waals surface area contributed by atoms with E-state index in [1.165, 1.54) is 24.3 Å². The van der Waals surface area contributed by atoms with Crippen molar-refractivity contribution in [1.82, 2.24) is 4.90 Å². The number of carbonyl (C=O) groups is 1. The van der Waals surface area contributed by atoms with Crippen LogP contribution in [0.15, 0.2) is 54.6 Å². The minimum atomic E-state index is -1.73. The maximum Gasteiger partial charge on any atom is 0.231 e. The van der Waals surface area contributed by atoms with Crippen LogP contribution in [-0.2, 0) is 13.0 Å². The van der Waals surface area contributed by atoms with Gasteiger partial charge in [-0.25, -0.2) is 0 Å². The van der Waals surface area contributed by atoms with Gasteiger partial charge in [0, 0.05) is 19.2 Å². The lowest BCUT2D eigenvalue weighted by Crippen LogP contribution is -2.37. The Balaban J connectivity index is 1.28. The Morgan fingerprint density at radius 3 is 2.33 bits per heavy atom. The van der Waals surface area contributed by atoms with E-state index in [2.05, 4.69) is 4.90 Å². The molecule has 3 heterocycles. The first-order chi connectivity index (χ1) is 22.2. The number of ketones is 1. The number of aliphatic hydroxyl groups is 1. The van der Waals surface area contributed by atoms with Gasteiger partial charge in [-0.1, -0.05) is 12.1 Å². The lowest BCUT2D eigenvalue weighted by atomic mass is 9.86. The average molecular weight is 630 g/mol. The molecular formula is C34H31NO11. The van der Waals surface area contributed by atoms with Crippen LogP contribution in [-0.4, -0.2) is 69.9 Å². The number of aromatic hydroxyl groups is 4. The summed E-state index contributed by atoms with van der Waals surface area (Å²) in [6.07, 6.45) is -2.37. The smallest absolute Gasteiger partial charge is 0.231 e. The fourth-order valence-electron chi connectivity index (χ4n) is 6.46. The Morgan fingerprint density at radius 2 is 1.57 bits per heavy atom. The van der Waals surface area contributed by atoms with Gasteiger partial charge < -0.3 is 49.2 Å². The summed E-state index contributed by atoms with van der Waals surface area (Å²) in [5, 5.41) is 53.2. The summed E-state index contributed by atoms with van der Waals surface area (Å²) in [5.41, 5.74) is 2.86. The maximum atomic E-state index is 13.5. The molecule has 3 atom stereocenters. The highest BCUT2D eigenvalue weighted by atomic mass is 16.7. The van der Waals surface area contributed by atoms with Crippen LogP contribution in [0.25, 0.3) is 0 Å². The molecule has 0 radical (unpaired) electrons. The van der Waals surface area contributed by atoms with Crippen LogP contribution in [0.5, 0.6) is 51.7 Å². The van der Waals surface area contributed by atoms with E-state index in [-0.39, 0.29) is 47.3 Å². The Hall–Kier alpha value is -5.33. The molecule has 0 amide bonds. The van der Waals surface area contributed by atoms with Crippen molar-refractivity contribution in [2.75, 3.05) is 27.6 Å². The minimum absolute atomic E-state index is 0.0243. The summed E-state index contributed by atoms with van der Waals surface area (Å²) in [7, 11) is 3.14. The van der Waals surface area contributed by atoms with E-state index >= 15 is 0 Å². The van der Waals surface area contributed by atoms with Gasteiger partial charge in [-0.15, -0.1) is 0 Å². The van der Waals surface area contributed by atoms with Crippen LogP contribution in [0.3, 0.4) is 0 Å². The molecule has 12 nitrogen and oxygen atoms in total. The molecule has 3 aliphatic heterocycles. The Labute approximate surface area is 263 Å². The molecule has 0 bridgehead atoms. The molecule has 0 aromatic heterocycles. The number of Topliss-reactive ketones (excluding diaryl/α,β-unsaturated/α-hetero) is 1. The highest BCUT2D eigenvalue weighted by Gasteiger charge is 2.41. The van der Waals surface area contributed by atoms with Crippen molar-refractivity contribution in [3.05, 3.63) is 88.0 Å². The maximum absolute atomic E-state index is 13.5. The van der Waals surface area contributed by atoms with Gasteiger partial charge in [-0.05, 0) is 65.1 Å². The van der Waals surface area contributed by atoms with Crippen LogP contribution in [0.1, 0.15) is 50.3 Å². The lowest BCUT2D eigenvalue weighted by Gasteiger charge is -2.39. The Kier molecular flexibility index (Phi) is 7.18. The van der Waals surface area contributed by atoms with Crippen molar-refractivity contribution in [2.24, 2.45) is 0 Å². The SMILES string of the molecule is COc1cc2c(cc1OC)C(c1ccc3c(c1)OCO3)N(Cc1c(O)cc3c(c1O)C(=O)C(O)C(c1ccc(O)c(O)c1)O3)CC2. The lowest BCUT2D eigenvalue weighted by molar-refractivity contribution is 0.0209. The van der Waals surface area contributed by atoms with Gasteiger partial charge >= 0.3 is 0 Å². The number of benzene rings is 4. The molecule has 4 aromatic carbocycles. The van der Waals surface area contributed by atoms with Crippen molar-refractivity contribution in [1.29, 1.82) is 0 Å². The van der Waals surface area contributed by atoms with Gasteiger partial charge in [0.05, 0.1) is 25.8 Å². The zero-order chi connectivity index (χ0) is 32.3. The largest absolute Gasteiger partial charge is 0.507 e. The van der Waals surface area contributed by atoms with Crippen LogP contribution in [0.2, 0.25) is 0 Å². The van der Waals surface area contributed by atoms with Crippen LogP contribution < -0.4 is 23.7 Å². The first-order valence-electron chi connectivity index (χ1n) is 14.6. The van der Waals surface area contributed by atoms with Gasteiger partial charge in [0.1, 0.15) is 22.8 Å². The van der Waals surface area contributed by atoms with Gasteiger partial charge in [0.15, 0.2) is 46.7 Å². The number of phenolic OH excluding ortho intramolecular Hbond substituents is 4. The number of hydrogen-bond donors (Lipinski definition) is 5. The fourth-order valence-corrected chi connectivity index (χ4v) is 6.46. The summed E-state index contributed by atoms with van der Waals surface area (Å²) in [6, 6.07) is 14.1. The molecule has 3 aliphatic rings. The monoisotopic (exact) mass is 629 g/mol. The second-order valence-electron chi connectivity index (χ2n) is 11.3. The van der Waals surface area contributed by atoms with Gasteiger partial charge in [0.2, 0.25) is 12.6 Å². The third-order valence-corrected chi connectivity index (χ3v) is 8.78. The number of aliphatic hydroxyl groups excluding tert-OH is 1. The van der Waals surface area contributed by atoms with Crippen LogP contribution in [0, 0.1) is 0 Å². The first kappa shape index (κ1) is 29.4. The standard InChI is InChI=1S/C34H31NO11/c1-42-25-10-16-7-8-35(30(19(16)12-26(25)43-2)17-4-6-24-27(11-17)45-15-44-24)14-20-22(37)13-28-29(31(20)39)32(40)33(41)34(46-28)18-3-5-21(36)23(38)9-18/h3-6,9-13,30,33-34,36-39,41H,7-8,14-15H2,1-2H3. The first-order valence-corrected chi connectivity index (χ1v) is 14.6. The molecule has 0 spiro atoms. The number of rotatable bonds is 6. The summed E-state index contributed by atoms with van der Waals surface area (Å²) < 4.78 is 28.2. The number of fused-ring (bicyclic) bond motifs is 3. The average Bonchev–Trinajstić information content (AvgIpc) is 3.53. The Morgan fingerprint density at radius 1 is 0.826 bits per heavy atom. The molecule has 0 saturated heterocycles. The third-order valence-electron chi connectivity index (χ3n) is 8.78. The summed E-state index contributed by atoms with van der Waals surface area (Å²) in [4.78, 5) is 15.5. The highest BCUT2D eigenvalue weighted by molar-refractivity contribution is 6.06. The summed E-state index contributed by atoms with van der Waals surface area (Å²) >= 11 is 0. The number of carbonyl (C=O) groups excluding carboxylic acids is 1. The number of methoxy groups -OCH3 is 2. The van der Waals surface area contributed by atoms with E-state index < -0.39 is 35.5 Å². The van der Waals surface area contributed by atoms with E-state index in [1.807, 2.05) is 30.3 Å². The van der Waals surface area contributed by atoms with E-state index in [9.17, 15) is 30.3 Å². The second-order valence-corrected chi connectivity index (χ2v) is 11.3. The number of phenols is 4. The predicted molar refractivity (Wildman–Crippen MR) is 161 cm³/mol. The second kappa shape index (κ2) is 11.2. The quantitative estimate of drug-likeness (QED) is 0.194.